The molecule has 2 heterocycles. The standard InChI is InChI=1S/C19H21N5O3S2/c25-19(21-14-7-2-1-3-8-14)20-13-15-9-4-5-12-24(15)29(26,27)17-11-6-10-16-18(17)23-28-22-16/h1-3,6-8,10-11,15H,4-5,9,12-13H2,(H2,20,21,25)/t15-/m0/s1. The second-order valence-corrected chi connectivity index (χ2v) is 9.24. The van der Waals surface area contributed by atoms with Crippen LogP contribution in [0, 0.1) is 0 Å². The number of carbonyl (C=O) groups is 1. The molecule has 1 atom stereocenters. The first kappa shape index (κ1) is 19.7. The van der Waals surface area contributed by atoms with Gasteiger partial charge in [-0.15, -0.1) is 0 Å². The molecule has 2 N–H and O–H groups in total. The molecule has 1 aromatic heterocycles. The van der Waals surface area contributed by atoms with Crippen molar-refractivity contribution in [3.63, 3.8) is 0 Å². The zero-order valence-corrected chi connectivity index (χ0v) is 17.2. The minimum absolute atomic E-state index is 0.171. The molecular weight excluding hydrogens is 410 g/mol. The van der Waals surface area contributed by atoms with E-state index in [0.717, 1.165) is 24.6 Å². The molecule has 1 saturated heterocycles. The maximum absolute atomic E-state index is 13.4. The van der Waals surface area contributed by atoms with Gasteiger partial charge >= 0.3 is 6.03 Å². The zero-order chi connectivity index (χ0) is 20.3. The van der Waals surface area contributed by atoms with Gasteiger partial charge in [-0.25, -0.2) is 13.2 Å². The van der Waals surface area contributed by atoms with E-state index in [2.05, 4.69) is 19.4 Å². The summed E-state index contributed by atoms with van der Waals surface area (Å²) in [5, 5.41) is 5.56. The number of aromatic nitrogens is 2. The Morgan fingerprint density at radius 3 is 2.76 bits per heavy atom. The Morgan fingerprint density at radius 2 is 1.93 bits per heavy atom. The zero-order valence-electron chi connectivity index (χ0n) is 15.6. The molecule has 0 saturated carbocycles. The van der Waals surface area contributed by atoms with Gasteiger partial charge in [-0.05, 0) is 37.1 Å². The van der Waals surface area contributed by atoms with Gasteiger partial charge in [0.25, 0.3) is 0 Å². The van der Waals surface area contributed by atoms with E-state index in [1.54, 1.807) is 30.3 Å². The van der Waals surface area contributed by atoms with Crippen molar-refractivity contribution in [2.24, 2.45) is 0 Å². The van der Waals surface area contributed by atoms with E-state index in [-0.39, 0.29) is 23.5 Å². The van der Waals surface area contributed by atoms with Crippen molar-refractivity contribution in [3.8, 4) is 0 Å². The van der Waals surface area contributed by atoms with E-state index in [4.69, 9.17) is 0 Å². The minimum atomic E-state index is -3.75. The predicted octanol–water partition coefficient (Wildman–Crippen LogP) is 3.06. The van der Waals surface area contributed by atoms with Crippen LogP contribution >= 0.6 is 11.7 Å². The largest absolute Gasteiger partial charge is 0.336 e. The Hall–Kier alpha value is -2.56. The van der Waals surface area contributed by atoms with Crippen molar-refractivity contribution >= 4 is 44.5 Å². The summed E-state index contributed by atoms with van der Waals surface area (Å²) in [6.07, 6.45) is 2.40. The normalized spacial score (nSPS) is 17.9. The van der Waals surface area contributed by atoms with Crippen LogP contribution in [0.5, 0.6) is 0 Å². The van der Waals surface area contributed by atoms with Crippen LogP contribution in [0.15, 0.2) is 53.4 Å². The first-order chi connectivity index (χ1) is 14.1. The number of hydrogen-bond acceptors (Lipinski definition) is 6. The number of rotatable bonds is 5. The van der Waals surface area contributed by atoms with E-state index in [0.29, 0.717) is 29.7 Å². The molecule has 0 unspecified atom stereocenters. The van der Waals surface area contributed by atoms with Crippen molar-refractivity contribution in [1.82, 2.24) is 18.4 Å². The van der Waals surface area contributed by atoms with Gasteiger partial charge in [0, 0.05) is 24.8 Å². The van der Waals surface area contributed by atoms with Crippen molar-refractivity contribution in [2.45, 2.75) is 30.2 Å². The molecule has 0 spiro atoms. The first-order valence-corrected chi connectivity index (χ1v) is 11.6. The average molecular weight is 432 g/mol. The van der Waals surface area contributed by atoms with Crippen molar-refractivity contribution < 1.29 is 13.2 Å². The molecule has 1 aliphatic rings. The fraction of sp³-hybridized carbons (Fsp3) is 0.316. The van der Waals surface area contributed by atoms with Gasteiger partial charge in [0.2, 0.25) is 10.0 Å². The van der Waals surface area contributed by atoms with Crippen LogP contribution in [0.25, 0.3) is 11.0 Å². The van der Waals surface area contributed by atoms with Crippen LogP contribution in [0.3, 0.4) is 0 Å². The quantitative estimate of drug-likeness (QED) is 0.646. The first-order valence-electron chi connectivity index (χ1n) is 9.39. The topological polar surface area (TPSA) is 104 Å². The van der Waals surface area contributed by atoms with E-state index < -0.39 is 10.0 Å². The van der Waals surface area contributed by atoms with Crippen LogP contribution < -0.4 is 10.6 Å². The number of hydrogen-bond donors (Lipinski definition) is 2. The highest BCUT2D eigenvalue weighted by Gasteiger charge is 2.35. The summed E-state index contributed by atoms with van der Waals surface area (Å²) in [4.78, 5) is 12.4. The second-order valence-electron chi connectivity index (χ2n) is 6.85. The Kier molecular flexibility index (Phi) is 5.74. The Balaban J connectivity index is 1.50. The number of benzene rings is 2. The lowest BCUT2D eigenvalue weighted by Gasteiger charge is -2.34. The number of fused-ring (bicyclic) bond motifs is 1. The van der Waals surface area contributed by atoms with Crippen LogP contribution in [0.4, 0.5) is 10.5 Å². The van der Waals surface area contributed by atoms with Gasteiger partial charge in [0.15, 0.2) is 0 Å². The fourth-order valence-electron chi connectivity index (χ4n) is 3.52. The third kappa shape index (κ3) is 4.24. The molecule has 0 radical (unpaired) electrons. The van der Waals surface area contributed by atoms with Gasteiger partial charge in [-0.2, -0.15) is 13.1 Å². The van der Waals surface area contributed by atoms with Crippen LogP contribution in [-0.2, 0) is 10.0 Å². The predicted molar refractivity (Wildman–Crippen MR) is 112 cm³/mol. The lowest BCUT2D eigenvalue weighted by molar-refractivity contribution is 0.231. The molecule has 8 nitrogen and oxygen atoms in total. The van der Waals surface area contributed by atoms with Crippen molar-refractivity contribution in [2.75, 3.05) is 18.4 Å². The van der Waals surface area contributed by atoms with E-state index in [1.807, 2.05) is 18.2 Å². The summed E-state index contributed by atoms with van der Waals surface area (Å²) < 4.78 is 36.6. The fourth-order valence-corrected chi connectivity index (χ4v) is 5.96. The number of nitrogens with one attached hydrogen (secondary N) is 2. The monoisotopic (exact) mass is 431 g/mol. The SMILES string of the molecule is O=C(NC[C@@H]1CCCCN1S(=O)(=O)c1cccc2nsnc12)Nc1ccccc1. The summed E-state index contributed by atoms with van der Waals surface area (Å²) in [6.45, 7) is 0.659. The maximum atomic E-state index is 13.4. The maximum Gasteiger partial charge on any atom is 0.319 e. The summed E-state index contributed by atoms with van der Waals surface area (Å²) in [6, 6.07) is 13.5. The molecule has 1 fully saturated rings. The lowest BCUT2D eigenvalue weighted by atomic mass is 10.1. The number of carbonyl (C=O) groups excluding carboxylic acids is 1. The third-order valence-corrected chi connectivity index (χ3v) is 7.46. The highest BCUT2D eigenvalue weighted by atomic mass is 32.2. The van der Waals surface area contributed by atoms with Gasteiger partial charge in [0.1, 0.15) is 15.9 Å². The Morgan fingerprint density at radius 1 is 1.10 bits per heavy atom. The molecule has 10 heteroatoms. The van der Waals surface area contributed by atoms with E-state index in [1.165, 1.54) is 4.31 Å². The second kappa shape index (κ2) is 8.44. The van der Waals surface area contributed by atoms with E-state index >= 15 is 0 Å². The molecular formula is C19H21N5O3S2. The molecule has 4 rings (SSSR count). The summed E-state index contributed by atoms with van der Waals surface area (Å²) in [5.74, 6) is 0. The van der Waals surface area contributed by atoms with Crippen molar-refractivity contribution in [1.29, 1.82) is 0 Å². The smallest absolute Gasteiger partial charge is 0.319 e. The number of sulfonamides is 1. The number of anilines is 1. The average Bonchev–Trinajstić information content (AvgIpc) is 3.22. The van der Waals surface area contributed by atoms with Gasteiger partial charge in [0.05, 0.1) is 11.7 Å². The van der Waals surface area contributed by atoms with Gasteiger partial charge < -0.3 is 10.6 Å². The molecule has 2 aromatic carbocycles. The number of amides is 2. The van der Waals surface area contributed by atoms with Crippen LogP contribution in [0.2, 0.25) is 0 Å². The molecule has 3 aromatic rings. The van der Waals surface area contributed by atoms with Gasteiger partial charge in [-0.3, -0.25) is 0 Å². The molecule has 1 aliphatic heterocycles. The molecule has 2 amide bonds. The lowest BCUT2D eigenvalue weighted by Crippen LogP contribution is -2.49. The molecule has 0 aliphatic carbocycles. The number of nitrogens with zero attached hydrogens (tertiary/aromatic N) is 3. The Labute approximate surface area is 173 Å². The number of para-hydroxylation sites is 1. The molecule has 152 valence electrons. The van der Waals surface area contributed by atoms with Crippen molar-refractivity contribution in [3.05, 3.63) is 48.5 Å². The molecule has 0 bridgehead atoms. The van der Waals surface area contributed by atoms with E-state index in [9.17, 15) is 13.2 Å². The third-order valence-electron chi connectivity index (χ3n) is 4.94. The highest BCUT2D eigenvalue weighted by molar-refractivity contribution is 7.89. The summed E-state index contributed by atoms with van der Waals surface area (Å²) >= 11 is 0.997. The number of urea groups is 1. The minimum Gasteiger partial charge on any atom is -0.336 e. The Bertz CT molecular complexity index is 1100. The van der Waals surface area contributed by atoms with Crippen LogP contribution in [0.1, 0.15) is 19.3 Å². The molecule has 29 heavy (non-hydrogen) atoms. The summed E-state index contributed by atoms with van der Waals surface area (Å²) in [5.41, 5.74) is 1.66. The summed E-state index contributed by atoms with van der Waals surface area (Å²) in [7, 11) is -3.75. The number of piperidine rings is 1. The highest BCUT2D eigenvalue weighted by Crippen LogP contribution is 2.29. The van der Waals surface area contributed by atoms with Gasteiger partial charge in [-0.1, -0.05) is 30.7 Å². The van der Waals surface area contributed by atoms with Crippen LogP contribution in [-0.4, -0.2) is 46.6 Å².